The van der Waals surface area contributed by atoms with E-state index in [1.807, 2.05) is 24.4 Å². The number of hydrogen-bond donors (Lipinski definition) is 0. The number of pyridine rings is 1. The molecule has 46 heavy (non-hydrogen) atoms. The first-order chi connectivity index (χ1) is 22.8. The maximum atomic E-state index is 6.43. The Kier molecular flexibility index (Phi) is 5.31. The molecule has 0 saturated heterocycles. The summed E-state index contributed by atoms with van der Waals surface area (Å²) in [6.45, 7) is 0.835. The summed E-state index contributed by atoms with van der Waals surface area (Å²) >= 11 is 0. The Balaban J connectivity index is 1.17. The van der Waals surface area contributed by atoms with Crippen LogP contribution in [-0.4, -0.2) is 14.1 Å². The van der Waals surface area contributed by atoms with Gasteiger partial charge in [0, 0.05) is 56.1 Å². The van der Waals surface area contributed by atoms with Gasteiger partial charge in [0.25, 0.3) is 0 Å². The molecule has 0 fully saturated rings. The predicted molar refractivity (Wildman–Crippen MR) is 190 cm³/mol. The van der Waals surface area contributed by atoms with Crippen molar-refractivity contribution in [3.8, 4) is 16.9 Å². The van der Waals surface area contributed by atoms with Gasteiger partial charge in [-0.1, -0.05) is 97.1 Å². The largest absolute Gasteiger partial charge is 0.452 e. The average molecular weight is 590 g/mol. The first-order valence-electron chi connectivity index (χ1n) is 15.7. The molecule has 4 heterocycles. The summed E-state index contributed by atoms with van der Waals surface area (Å²) in [5.41, 5.74) is 10.1. The van der Waals surface area contributed by atoms with E-state index in [-0.39, 0.29) is 0 Å². The second-order valence-electron chi connectivity index (χ2n) is 12.0. The number of fused-ring (bicyclic) bond motifs is 9. The van der Waals surface area contributed by atoms with Crippen molar-refractivity contribution in [3.05, 3.63) is 157 Å². The molecule has 0 bridgehead atoms. The SMILES string of the molecule is c1ccc(Cn2c3ccccc3c3cc(-c4ccc5c(c4)c4ccccc4n5-c4nccc5c4oc4ccccc45)ccc32)cc1. The molecule has 0 atom stereocenters. The van der Waals surface area contributed by atoms with Crippen LogP contribution in [0, 0.1) is 0 Å². The summed E-state index contributed by atoms with van der Waals surface area (Å²) in [6.07, 6.45) is 1.89. The maximum Gasteiger partial charge on any atom is 0.181 e. The van der Waals surface area contributed by atoms with Crippen LogP contribution in [0.4, 0.5) is 0 Å². The molecule has 0 amide bonds. The van der Waals surface area contributed by atoms with Gasteiger partial charge in [0.15, 0.2) is 11.4 Å². The van der Waals surface area contributed by atoms with E-state index in [4.69, 9.17) is 9.40 Å². The van der Waals surface area contributed by atoms with E-state index in [2.05, 4.69) is 137 Å². The molecule has 0 radical (unpaired) electrons. The fourth-order valence-corrected chi connectivity index (χ4v) is 7.35. The van der Waals surface area contributed by atoms with Crippen LogP contribution in [0.5, 0.6) is 0 Å². The summed E-state index contributed by atoms with van der Waals surface area (Å²) in [4.78, 5) is 4.89. The molecule has 6 aromatic carbocycles. The molecule has 0 spiro atoms. The quantitative estimate of drug-likeness (QED) is 0.205. The van der Waals surface area contributed by atoms with E-state index in [0.717, 1.165) is 45.3 Å². The highest BCUT2D eigenvalue weighted by molar-refractivity contribution is 6.14. The average Bonchev–Trinajstić information content (AvgIpc) is 3.76. The molecular weight excluding hydrogens is 562 g/mol. The number of hydrogen-bond acceptors (Lipinski definition) is 2. The highest BCUT2D eigenvalue weighted by atomic mass is 16.3. The lowest BCUT2D eigenvalue weighted by Gasteiger charge is -2.09. The summed E-state index contributed by atoms with van der Waals surface area (Å²) in [5.74, 6) is 0.806. The van der Waals surface area contributed by atoms with Crippen LogP contribution in [0.15, 0.2) is 156 Å². The summed E-state index contributed by atoms with van der Waals surface area (Å²) < 4.78 is 11.1. The fourth-order valence-electron chi connectivity index (χ4n) is 7.35. The van der Waals surface area contributed by atoms with E-state index in [1.165, 1.54) is 49.3 Å². The minimum atomic E-state index is 0.799. The van der Waals surface area contributed by atoms with E-state index < -0.39 is 0 Å². The Hall–Kier alpha value is -6.13. The third kappa shape index (κ3) is 3.64. The molecule has 10 aromatic rings. The van der Waals surface area contributed by atoms with Gasteiger partial charge >= 0.3 is 0 Å². The maximum absolute atomic E-state index is 6.43. The standard InChI is InChI=1S/C42H27N3O/c1-2-10-27(11-3-1)26-44-36-15-7-4-12-30(36)34-24-28(18-20-37(34)44)29-19-21-39-35(25-29)31-13-5-8-16-38(31)45(39)42-41-33(22-23-43-42)32-14-6-9-17-40(32)46-41/h1-25H,26H2. The second kappa shape index (κ2) is 9.68. The minimum Gasteiger partial charge on any atom is -0.452 e. The van der Waals surface area contributed by atoms with Crippen molar-refractivity contribution in [1.29, 1.82) is 0 Å². The first-order valence-corrected chi connectivity index (χ1v) is 15.7. The monoisotopic (exact) mass is 589 g/mol. The highest BCUT2D eigenvalue weighted by Crippen LogP contribution is 2.39. The van der Waals surface area contributed by atoms with Crippen LogP contribution < -0.4 is 0 Å². The van der Waals surface area contributed by atoms with Gasteiger partial charge in [-0.15, -0.1) is 0 Å². The molecule has 0 aliphatic rings. The Bertz CT molecular complexity index is 2780. The van der Waals surface area contributed by atoms with E-state index in [9.17, 15) is 0 Å². The van der Waals surface area contributed by atoms with Crippen molar-refractivity contribution >= 4 is 65.6 Å². The number of aromatic nitrogens is 3. The molecule has 10 rings (SSSR count). The van der Waals surface area contributed by atoms with Gasteiger partial charge in [0.05, 0.1) is 11.0 Å². The zero-order valence-corrected chi connectivity index (χ0v) is 24.9. The Morgan fingerprint density at radius 2 is 1.07 bits per heavy atom. The third-order valence-electron chi connectivity index (χ3n) is 9.45. The van der Waals surface area contributed by atoms with E-state index >= 15 is 0 Å². The minimum absolute atomic E-state index is 0.799. The molecule has 0 N–H and O–H groups in total. The lowest BCUT2D eigenvalue weighted by Crippen LogP contribution is -1.98. The van der Waals surface area contributed by atoms with Crippen molar-refractivity contribution in [1.82, 2.24) is 14.1 Å². The van der Waals surface area contributed by atoms with Gasteiger partial charge in [-0.25, -0.2) is 4.98 Å². The second-order valence-corrected chi connectivity index (χ2v) is 12.0. The van der Waals surface area contributed by atoms with Crippen molar-refractivity contribution in [2.45, 2.75) is 6.54 Å². The topological polar surface area (TPSA) is 35.9 Å². The Morgan fingerprint density at radius 1 is 0.478 bits per heavy atom. The van der Waals surface area contributed by atoms with Gasteiger partial charge in [-0.2, -0.15) is 0 Å². The number of benzene rings is 6. The molecule has 0 aliphatic carbocycles. The van der Waals surface area contributed by atoms with Crippen molar-refractivity contribution in [2.75, 3.05) is 0 Å². The molecule has 0 aliphatic heterocycles. The van der Waals surface area contributed by atoms with Crippen LogP contribution in [0.1, 0.15) is 5.56 Å². The Labute approximate surface area is 264 Å². The van der Waals surface area contributed by atoms with Gasteiger partial charge < -0.3 is 8.98 Å². The van der Waals surface area contributed by atoms with Crippen LogP contribution in [0.25, 0.3) is 82.5 Å². The number of furan rings is 1. The molecule has 4 heteroatoms. The van der Waals surface area contributed by atoms with Gasteiger partial charge in [0.2, 0.25) is 0 Å². The molecule has 0 saturated carbocycles. The predicted octanol–water partition coefficient (Wildman–Crippen LogP) is 10.9. The highest BCUT2D eigenvalue weighted by Gasteiger charge is 2.19. The molecule has 4 aromatic heterocycles. The van der Waals surface area contributed by atoms with Crippen LogP contribution >= 0.6 is 0 Å². The first kappa shape index (κ1) is 25.2. The van der Waals surface area contributed by atoms with Gasteiger partial charge in [0.1, 0.15) is 5.58 Å². The smallest absolute Gasteiger partial charge is 0.181 e. The molecule has 0 unspecified atom stereocenters. The van der Waals surface area contributed by atoms with Crippen molar-refractivity contribution < 1.29 is 4.42 Å². The summed E-state index contributed by atoms with van der Waals surface area (Å²) in [7, 11) is 0. The van der Waals surface area contributed by atoms with E-state index in [1.54, 1.807) is 0 Å². The lowest BCUT2D eigenvalue weighted by molar-refractivity contribution is 0.663. The number of para-hydroxylation sites is 3. The molecule has 4 nitrogen and oxygen atoms in total. The lowest BCUT2D eigenvalue weighted by atomic mass is 10.0. The van der Waals surface area contributed by atoms with Crippen LogP contribution in [-0.2, 0) is 6.54 Å². The van der Waals surface area contributed by atoms with Crippen molar-refractivity contribution in [2.24, 2.45) is 0 Å². The summed E-state index contributed by atoms with van der Waals surface area (Å²) in [5, 5.41) is 7.10. The zero-order valence-electron chi connectivity index (χ0n) is 24.9. The number of nitrogens with zero attached hydrogens (tertiary/aromatic N) is 3. The van der Waals surface area contributed by atoms with Gasteiger partial charge in [-0.05, 0) is 65.2 Å². The normalized spacial score (nSPS) is 12.0. The van der Waals surface area contributed by atoms with Crippen LogP contribution in [0.2, 0.25) is 0 Å². The van der Waals surface area contributed by atoms with Gasteiger partial charge in [-0.3, -0.25) is 4.57 Å². The van der Waals surface area contributed by atoms with Crippen LogP contribution in [0.3, 0.4) is 0 Å². The third-order valence-corrected chi connectivity index (χ3v) is 9.45. The van der Waals surface area contributed by atoms with Crippen molar-refractivity contribution in [3.63, 3.8) is 0 Å². The number of rotatable bonds is 4. The van der Waals surface area contributed by atoms with E-state index in [0.29, 0.717) is 0 Å². The Morgan fingerprint density at radius 3 is 1.87 bits per heavy atom. The molecule has 216 valence electrons. The fraction of sp³-hybridized carbons (Fsp3) is 0.0238. The zero-order chi connectivity index (χ0) is 30.2. The molecular formula is C42H27N3O. The summed E-state index contributed by atoms with van der Waals surface area (Å²) in [6, 6.07) is 52.0.